The molecule has 0 aromatic heterocycles. The van der Waals surface area contributed by atoms with Crippen molar-refractivity contribution in [3.63, 3.8) is 0 Å². The van der Waals surface area contributed by atoms with E-state index in [1.54, 1.807) is 37.4 Å². The Morgan fingerprint density at radius 1 is 1.23 bits per heavy atom. The third kappa shape index (κ3) is 7.41. The molecule has 1 N–H and O–H groups in total. The van der Waals surface area contributed by atoms with Crippen molar-refractivity contribution in [3.05, 3.63) is 89.5 Å². The first-order chi connectivity index (χ1) is 20.7. The normalized spacial score (nSPS) is 20.5. The molecule has 0 aliphatic carbocycles. The van der Waals surface area contributed by atoms with Gasteiger partial charge in [0.05, 0.1) is 29.6 Å². The highest BCUT2D eigenvalue weighted by Gasteiger charge is 2.50. The average molecular weight is 634 g/mol. The van der Waals surface area contributed by atoms with E-state index in [0.29, 0.717) is 24.2 Å². The van der Waals surface area contributed by atoms with Gasteiger partial charge in [0.1, 0.15) is 5.75 Å². The van der Waals surface area contributed by atoms with Gasteiger partial charge in [-0.3, -0.25) is 9.79 Å². The Kier molecular flexibility index (Phi) is 10.1. The van der Waals surface area contributed by atoms with Crippen molar-refractivity contribution in [2.45, 2.75) is 50.4 Å². The number of hydrogen-bond acceptors (Lipinski definition) is 6. The molecule has 1 fully saturated rings. The lowest BCUT2D eigenvalue weighted by molar-refractivity contribution is -0.137. The summed E-state index contributed by atoms with van der Waals surface area (Å²) in [6.45, 7) is 9.62. The van der Waals surface area contributed by atoms with Crippen molar-refractivity contribution in [1.82, 2.24) is 9.21 Å². The quantitative estimate of drug-likeness (QED) is 0.268. The number of alkyl halides is 3. The van der Waals surface area contributed by atoms with E-state index in [1.807, 2.05) is 6.92 Å². The molecule has 2 unspecified atom stereocenters. The third-order valence-electron chi connectivity index (χ3n) is 8.14. The number of piperidine rings is 1. The molecule has 0 saturated carbocycles. The molecule has 1 amide bonds. The van der Waals surface area contributed by atoms with E-state index in [0.717, 1.165) is 23.3 Å². The number of amides is 1. The average Bonchev–Trinajstić information content (AvgIpc) is 2.94. The van der Waals surface area contributed by atoms with Crippen LogP contribution in [-0.2, 0) is 22.6 Å². The number of aliphatic hydroxyl groups is 1. The number of β-amino-alcohol motifs (C(OH)–C–C–N with tert-alkyl or cyclic N) is 1. The van der Waals surface area contributed by atoms with Crippen LogP contribution in [-0.4, -0.2) is 85.0 Å². The maximum absolute atomic E-state index is 13.6. The lowest BCUT2D eigenvalue weighted by atomic mass is 9.75. The number of aryl methyl sites for hydroxylation is 2. The number of carbonyl (C=O) groups excluding carboxylic acids is 1. The number of aliphatic hydroxyl groups excluding tert-OH is 1. The van der Waals surface area contributed by atoms with Gasteiger partial charge < -0.3 is 14.7 Å². The molecule has 1 spiro atoms. The first kappa shape index (κ1) is 33.4. The van der Waals surface area contributed by atoms with Crippen LogP contribution >= 0.6 is 0 Å². The molecule has 2 atom stereocenters. The van der Waals surface area contributed by atoms with Crippen molar-refractivity contribution >= 4 is 21.6 Å². The molecule has 1 saturated heterocycles. The smallest absolute Gasteiger partial charge is 0.416 e. The van der Waals surface area contributed by atoms with E-state index in [4.69, 9.17) is 4.74 Å². The van der Waals surface area contributed by atoms with Crippen LogP contribution in [0, 0.1) is 6.92 Å². The van der Waals surface area contributed by atoms with Crippen LogP contribution in [0.25, 0.3) is 0 Å². The summed E-state index contributed by atoms with van der Waals surface area (Å²) in [6, 6.07) is 8.64. The van der Waals surface area contributed by atoms with Gasteiger partial charge >= 0.3 is 6.18 Å². The van der Waals surface area contributed by atoms with E-state index in [1.165, 1.54) is 15.3 Å². The number of sulfonamides is 1. The Bertz CT molecular complexity index is 1560. The SMILES string of the molecule is C=CCCOc1cc(C2=NC3(CCN(S(=O)(=O)CCc4ccc(C(=O)N(C)CC=C)cc4C)CC3O)C2)cc(C(F)(F)F)c1. The molecule has 44 heavy (non-hydrogen) atoms. The molecule has 2 heterocycles. The number of aliphatic imine (C=N–C) groups is 1. The Morgan fingerprint density at radius 2 is 1.95 bits per heavy atom. The first-order valence-electron chi connectivity index (χ1n) is 14.4. The molecule has 0 radical (unpaired) electrons. The van der Waals surface area contributed by atoms with Gasteiger partial charge in [-0.05, 0) is 73.2 Å². The summed E-state index contributed by atoms with van der Waals surface area (Å²) < 4.78 is 73.8. The molecular formula is C32H38F3N3O5S. The van der Waals surface area contributed by atoms with E-state index in [-0.39, 0.29) is 61.9 Å². The van der Waals surface area contributed by atoms with E-state index in [9.17, 15) is 31.5 Å². The lowest BCUT2D eigenvalue weighted by Crippen LogP contribution is -2.60. The minimum atomic E-state index is -4.58. The maximum Gasteiger partial charge on any atom is 0.416 e. The Morgan fingerprint density at radius 3 is 2.57 bits per heavy atom. The zero-order valence-electron chi connectivity index (χ0n) is 24.9. The lowest BCUT2D eigenvalue weighted by Gasteiger charge is -2.47. The summed E-state index contributed by atoms with van der Waals surface area (Å²) >= 11 is 0. The van der Waals surface area contributed by atoms with Crippen LogP contribution in [0.15, 0.2) is 66.7 Å². The van der Waals surface area contributed by atoms with Crippen LogP contribution in [0.3, 0.4) is 0 Å². The summed E-state index contributed by atoms with van der Waals surface area (Å²) in [5.74, 6) is -0.265. The predicted molar refractivity (Wildman–Crippen MR) is 164 cm³/mol. The number of ether oxygens (including phenoxy) is 1. The van der Waals surface area contributed by atoms with Crippen molar-refractivity contribution in [2.24, 2.45) is 4.99 Å². The summed E-state index contributed by atoms with van der Waals surface area (Å²) in [7, 11) is -2.05. The van der Waals surface area contributed by atoms with Gasteiger partial charge in [0.15, 0.2) is 0 Å². The Hall–Kier alpha value is -3.48. The molecule has 2 aromatic carbocycles. The minimum Gasteiger partial charge on any atom is -0.493 e. The van der Waals surface area contributed by atoms with Crippen molar-refractivity contribution < 1.29 is 36.2 Å². The third-order valence-corrected chi connectivity index (χ3v) is 9.98. The van der Waals surface area contributed by atoms with E-state index in [2.05, 4.69) is 18.2 Å². The highest BCUT2D eigenvalue weighted by molar-refractivity contribution is 7.89. The molecule has 238 valence electrons. The largest absolute Gasteiger partial charge is 0.493 e. The monoisotopic (exact) mass is 633 g/mol. The number of nitrogens with zero attached hydrogens (tertiary/aromatic N) is 3. The van der Waals surface area contributed by atoms with Gasteiger partial charge in [0.2, 0.25) is 10.0 Å². The van der Waals surface area contributed by atoms with Crippen LogP contribution in [0.5, 0.6) is 5.75 Å². The summed E-state index contributed by atoms with van der Waals surface area (Å²) in [6.07, 6.45) is -1.27. The zero-order valence-corrected chi connectivity index (χ0v) is 25.8. The highest BCUT2D eigenvalue weighted by atomic mass is 32.2. The number of benzene rings is 2. The van der Waals surface area contributed by atoms with Crippen LogP contribution in [0.4, 0.5) is 13.2 Å². The summed E-state index contributed by atoms with van der Waals surface area (Å²) in [5, 5.41) is 11.0. The predicted octanol–water partition coefficient (Wildman–Crippen LogP) is 4.80. The number of carbonyl (C=O) groups is 1. The number of likely N-dealkylation sites (N-methyl/N-ethyl adjacent to an activating group) is 1. The minimum absolute atomic E-state index is 0.0679. The molecule has 2 aliphatic rings. The van der Waals surface area contributed by atoms with Crippen LogP contribution in [0.2, 0.25) is 0 Å². The first-order valence-corrected chi connectivity index (χ1v) is 16.0. The number of rotatable bonds is 12. The van der Waals surface area contributed by atoms with Crippen LogP contribution < -0.4 is 4.74 Å². The highest BCUT2D eigenvalue weighted by Crippen LogP contribution is 2.42. The van der Waals surface area contributed by atoms with Crippen molar-refractivity contribution in [2.75, 3.05) is 39.0 Å². The topological polar surface area (TPSA) is 99.5 Å². The molecular weight excluding hydrogens is 595 g/mol. The molecule has 2 aliphatic heterocycles. The van der Waals surface area contributed by atoms with Gasteiger partial charge in [-0.15, -0.1) is 13.2 Å². The summed E-state index contributed by atoms with van der Waals surface area (Å²) in [5.41, 5.74) is 0.973. The fraction of sp³-hybridized carbons (Fsp3) is 0.438. The molecule has 0 bridgehead atoms. The summed E-state index contributed by atoms with van der Waals surface area (Å²) in [4.78, 5) is 18.6. The second kappa shape index (κ2) is 13.3. The molecule has 2 aromatic rings. The van der Waals surface area contributed by atoms with Gasteiger partial charge in [-0.25, -0.2) is 8.42 Å². The van der Waals surface area contributed by atoms with Crippen molar-refractivity contribution in [1.29, 1.82) is 0 Å². The number of hydrogen-bond donors (Lipinski definition) is 1. The Labute approximate surface area is 256 Å². The second-order valence-electron chi connectivity index (χ2n) is 11.3. The molecule has 4 rings (SSSR count). The fourth-order valence-corrected chi connectivity index (χ4v) is 6.96. The van der Waals surface area contributed by atoms with Gasteiger partial charge in [-0.1, -0.05) is 18.2 Å². The standard InChI is InChI=1S/C32H38F3N3O5S/c1-5-7-14-43-27-18-25(17-26(19-27)32(33,34)35)28-20-31(36-28)11-13-38(21-29(31)39)44(41,42)15-10-23-8-9-24(16-22(23)3)30(40)37(4)12-6-2/h5-6,8-9,16-19,29,39H,1-2,7,10-15,20-21H2,3-4H3. The van der Waals surface area contributed by atoms with E-state index < -0.39 is 33.4 Å². The van der Waals surface area contributed by atoms with Crippen molar-refractivity contribution in [3.8, 4) is 5.75 Å². The van der Waals surface area contributed by atoms with Gasteiger partial charge in [0, 0.05) is 44.4 Å². The fourth-order valence-electron chi connectivity index (χ4n) is 5.49. The zero-order chi connectivity index (χ0) is 32.3. The van der Waals surface area contributed by atoms with Gasteiger partial charge in [-0.2, -0.15) is 17.5 Å². The number of halogens is 3. The van der Waals surface area contributed by atoms with E-state index >= 15 is 0 Å². The second-order valence-corrected chi connectivity index (χ2v) is 13.4. The van der Waals surface area contributed by atoms with Crippen LogP contribution in [0.1, 0.15) is 51.9 Å². The van der Waals surface area contributed by atoms with Gasteiger partial charge in [0.25, 0.3) is 5.91 Å². The maximum atomic E-state index is 13.6. The molecule has 8 nitrogen and oxygen atoms in total. The Balaban J connectivity index is 1.41. The molecule has 12 heteroatoms.